The number of aliphatic carboxylic acids is 1. The molecule has 0 radical (unpaired) electrons. The van der Waals surface area contributed by atoms with Gasteiger partial charge in [-0.05, 0) is 61.7 Å². The van der Waals surface area contributed by atoms with E-state index in [1.165, 1.54) is 29.5 Å². The van der Waals surface area contributed by atoms with Crippen LogP contribution in [0, 0.1) is 5.82 Å². The van der Waals surface area contributed by atoms with Crippen LogP contribution in [-0.4, -0.2) is 52.2 Å². The molecule has 0 saturated heterocycles. The summed E-state index contributed by atoms with van der Waals surface area (Å²) in [6.07, 6.45) is 4.76. The zero-order valence-electron chi connectivity index (χ0n) is 21.3. The Morgan fingerprint density at radius 2 is 2.13 bits per heavy atom. The second kappa shape index (κ2) is 9.39. The van der Waals surface area contributed by atoms with E-state index < -0.39 is 17.2 Å². The molecule has 198 valence electrons. The van der Waals surface area contributed by atoms with E-state index in [-0.39, 0.29) is 12.5 Å². The van der Waals surface area contributed by atoms with Crippen LogP contribution in [0.4, 0.5) is 27.5 Å². The number of halogens is 2. The Kier molecular flexibility index (Phi) is 6.15. The molecule has 6 rings (SSSR count). The van der Waals surface area contributed by atoms with Crippen LogP contribution in [0.25, 0.3) is 0 Å². The van der Waals surface area contributed by atoms with Gasteiger partial charge >= 0.3 is 5.97 Å². The van der Waals surface area contributed by atoms with Gasteiger partial charge in [-0.25, -0.2) is 9.37 Å². The van der Waals surface area contributed by atoms with Gasteiger partial charge in [0.25, 0.3) is 0 Å². The monoisotopic (exact) mass is 537 g/mol. The molecule has 1 unspecified atom stereocenters. The molecule has 2 aromatic carbocycles. The predicted molar refractivity (Wildman–Crippen MR) is 143 cm³/mol. The van der Waals surface area contributed by atoms with Crippen molar-refractivity contribution in [1.29, 1.82) is 0 Å². The zero-order chi connectivity index (χ0) is 26.6. The van der Waals surface area contributed by atoms with Gasteiger partial charge in [-0.15, -0.1) is 0 Å². The Morgan fingerprint density at radius 3 is 2.89 bits per heavy atom. The number of fused-ring (bicyclic) bond motifs is 2. The summed E-state index contributed by atoms with van der Waals surface area (Å²) in [6.45, 7) is 3.94. The number of hydrogen-bond donors (Lipinski definition) is 2. The molecule has 1 aliphatic carbocycles. The second-order valence-electron chi connectivity index (χ2n) is 10.8. The van der Waals surface area contributed by atoms with Crippen LogP contribution >= 0.6 is 11.6 Å². The maximum Gasteiger partial charge on any atom is 0.304 e. The van der Waals surface area contributed by atoms with Crippen molar-refractivity contribution in [2.24, 2.45) is 0 Å². The topological polar surface area (TPSA) is 90.8 Å². The number of rotatable bonds is 7. The van der Waals surface area contributed by atoms with E-state index in [0.717, 1.165) is 43.8 Å². The molecular weight excluding hydrogens is 509 g/mol. The zero-order valence-corrected chi connectivity index (χ0v) is 22.1. The van der Waals surface area contributed by atoms with Crippen molar-refractivity contribution in [3.63, 3.8) is 0 Å². The normalized spacial score (nSPS) is 20.7. The van der Waals surface area contributed by atoms with Crippen molar-refractivity contribution >= 4 is 40.7 Å². The lowest BCUT2D eigenvalue weighted by Crippen LogP contribution is -2.31. The number of anilines is 4. The summed E-state index contributed by atoms with van der Waals surface area (Å²) < 4.78 is 20.4. The number of likely N-dealkylation sites (N-methyl/N-ethyl adjacent to an activating group) is 1. The van der Waals surface area contributed by atoms with E-state index in [0.29, 0.717) is 34.6 Å². The second-order valence-corrected chi connectivity index (χ2v) is 11.2. The summed E-state index contributed by atoms with van der Waals surface area (Å²) in [5.41, 5.74) is 3.78. The predicted octanol–water partition coefficient (Wildman–Crippen LogP) is 5.43. The maximum atomic E-state index is 14.2. The highest BCUT2D eigenvalue weighted by atomic mass is 35.5. The lowest BCUT2D eigenvalue weighted by atomic mass is 9.81. The molecule has 8 nitrogen and oxygen atoms in total. The molecule has 2 N–H and O–H groups in total. The molecule has 3 aromatic rings. The largest absolute Gasteiger partial charge is 0.490 e. The fourth-order valence-corrected chi connectivity index (χ4v) is 5.69. The Balaban J connectivity index is 1.34. The van der Waals surface area contributed by atoms with Crippen LogP contribution in [-0.2, 0) is 23.2 Å². The molecule has 1 aromatic heterocycles. The first-order valence-electron chi connectivity index (χ1n) is 12.8. The van der Waals surface area contributed by atoms with Gasteiger partial charge in [-0.3, -0.25) is 4.79 Å². The molecule has 3 heterocycles. The minimum absolute atomic E-state index is 0.152. The molecular formula is C28H29ClFN5O3. The molecule has 1 fully saturated rings. The summed E-state index contributed by atoms with van der Waals surface area (Å²) in [5, 5.41) is 13.2. The minimum atomic E-state index is -0.956. The number of ether oxygens (including phenoxy) is 1. The molecule has 0 amide bonds. The molecule has 3 aliphatic rings. The first-order chi connectivity index (χ1) is 18.2. The molecule has 38 heavy (non-hydrogen) atoms. The third kappa shape index (κ3) is 4.76. The molecule has 1 atom stereocenters. The highest BCUT2D eigenvalue weighted by Gasteiger charge is 2.42. The fourth-order valence-electron chi connectivity index (χ4n) is 5.50. The fraction of sp³-hybridized carbons (Fsp3) is 0.393. The van der Waals surface area contributed by atoms with Crippen LogP contribution in [0.15, 0.2) is 36.5 Å². The molecule has 10 heteroatoms. The van der Waals surface area contributed by atoms with Gasteiger partial charge in [0.05, 0.1) is 18.7 Å². The maximum absolute atomic E-state index is 14.2. The van der Waals surface area contributed by atoms with Crippen LogP contribution < -0.4 is 15.0 Å². The quantitative estimate of drug-likeness (QED) is 0.412. The molecule has 2 aliphatic heterocycles. The molecule has 0 spiro atoms. The number of benzene rings is 2. The van der Waals surface area contributed by atoms with Crippen LogP contribution in [0.1, 0.15) is 42.9 Å². The van der Waals surface area contributed by atoms with Crippen molar-refractivity contribution in [2.75, 3.05) is 30.4 Å². The van der Waals surface area contributed by atoms with Gasteiger partial charge in [0.15, 0.2) is 5.82 Å². The number of carboxylic acid groups (broad SMARTS) is 1. The molecule has 1 saturated carbocycles. The number of aromatic nitrogens is 2. The van der Waals surface area contributed by atoms with Crippen molar-refractivity contribution in [2.45, 2.75) is 50.7 Å². The first kappa shape index (κ1) is 24.9. The van der Waals surface area contributed by atoms with E-state index in [9.17, 15) is 14.3 Å². The van der Waals surface area contributed by atoms with Gasteiger partial charge < -0.3 is 25.0 Å². The van der Waals surface area contributed by atoms with Gasteiger partial charge in [-0.1, -0.05) is 18.5 Å². The third-order valence-corrected chi connectivity index (χ3v) is 7.76. The number of hydrogen-bond acceptors (Lipinski definition) is 7. The minimum Gasteiger partial charge on any atom is -0.490 e. The van der Waals surface area contributed by atoms with Crippen molar-refractivity contribution < 1.29 is 19.0 Å². The van der Waals surface area contributed by atoms with Crippen molar-refractivity contribution in [3.8, 4) is 5.75 Å². The summed E-state index contributed by atoms with van der Waals surface area (Å²) in [4.78, 5) is 24.9. The lowest BCUT2D eigenvalue weighted by Gasteiger charge is -2.27. The smallest absolute Gasteiger partial charge is 0.304 e. The van der Waals surface area contributed by atoms with E-state index in [4.69, 9.17) is 21.3 Å². The summed E-state index contributed by atoms with van der Waals surface area (Å²) in [7, 11) is 2.11. The van der Waals surface area contributed by atoms with Crippen LogP contribution in [0.5, 0.6) is 5.75 Å². The highest BCUT2D eigenvalue weighted by molar-refractivity contribution is 6.33. The number of carboxylic acids is 1. The lowest BCUT2D eigenvalue weighted by molar-refractivity contribution is -0.138. The average Bonchev–Trinajstić information content (AvgIpc) is 3.63. The summed E-state index contributed by atoms with van der Waals surface area (Å²) in [5.74, 6) is 0.318. The van der Waals surface area contributed by atoms with Crippen LogP contribution in [0.3, 0.4) is 0 Å². The average molecular weight is 538 g/mol. The van der Waals surface area contributed by atoms with Gasteiger partial charge in [0, 0.05) is 48.1 Å². The van der Waals surface area contributed by atoms with Crippen molar-refractivity contribution in [3.05, 3.63) is 64.1 Å². The highest BCUT2D eigenvalue weighted by Crippen LogP contribution is 2.47. The van der Waals surface area contributed by atoms with E-state index in [1.54, 1.807) is 6.07 Å². The standard InChI is InChI=1S/C28H29ClFN5O3/c1-28(12-25(36)37)15-35(23-6-3-17(30)10-21(23)28)26-22(29)13-31-27(33-26)32-18-9-16-14-34(2)8-7-20(16)24(11-18)38-19-4-5-19/h3,6,9-11,13,19H,4-5,7-8,12,14-15H2,1-2H3,(H,36,37)(H,31,32,33). The van der Waals surface area contributed by atoms with Gasteiger partial charge in [-0.2, -0.15) is 4.98 Å². The number of nitrogens with one attached hydrogen (secondary N) is 1. The van der Waals surface area contributed by atoms with E-state index in [1.807, 2.05) is 17.9 Å². The van der Waals surface area contributed by atoms with E-state index in [2.05, 4.69) is 28.3 Å². The SMILES string of the molecule is CN1CCc2c(cc(Nc3ncc(Cl)c(N4CC(C)(CC(=O)O)c5cc(F)ccc54)n3)cc2OC2CC2)C1. The van der Waals surface area contributed by atoms with Crippen molar-refractivity contribution in [1.82, 2.24) is 14.9 Å². The third-order valence-electron chi connectivity index (χ3n) is 7.49. The van der Waals surface area contributed by atoms with Gasteiger partial charge in [0.2, 0.25) is 5.95 Å². The van der Waals surface area contributed by atoms with E-state index >= 15 is 0 Å². The molecule has 0 bridgehead atoms. The summed E-state index contributed by atoms with van der Waals surface area (Å²) >= 11 is 6.57. The van der Waals surface area contributed by atoms with Gasteiger partial charge in [0.1, 0.15) is 16.6 Å². The summed E-state index contributed by atoms with van der Waals surface area (Å²) in [6, 6.07) is 8.53. The number of carbonyl (C=O) groups is 1. The Labute approximate surface area is 225 Å². The Morgan fingerprint density at radius 1 is 1.32 bits per heavy atom. The van der Waals surface area contributed by atoms with Crippen LogP contribution in [0.2, 0.25) is 5.02 Å². The number of nitrogens with zero attached hydrogens (tertiary/aromatic N) is 4. The first-order valence-corrected chi connectivity index (χ1v) is 13.2. The Bertz CT molecular complexity index is 1430. The Hall–Kier alpha value is -3.43.